The van der Waals surface area contributed by atoms with E-state index in [1.54, 1.807) is 7.11 Å². The molecular formula is C14H23NO2S. The maximum Gasteiger partial charge on any atom is 0.123 e. The highest BCUT2D eigenvalue weighted by molar-refractivity contribution is 7.84. The molecule has 0 spiro atoms. The number of methoxy groups -OCH3 is 1. The van der Waals surface area contributed by atoms with Gasteiger partial charge in [0.25, 0.3) is 0 Å². The fourth-order valence-corrected chi connectivity index (χ4v) is 3.30. The van der Waals surface area contributed by atoms with Gasteiger partial charge in [-0.15, -0.1) is 0 Å². The smallest absolute Gasteiger partial charge is 0.123 e. The Morgan fingerprint density at radius 3 is 2.72 bits per heavy atom. The third kappa shape index (κ3) is 4.42. The molecular weight excluding hydrogens is 246 g/mol. The summed E-state index contributed by atoms with van der Waals surface area (Å²) < 4.78 is 17.4. The van der Waals surface area contributed by atoms with Crippen molar-refractivity contribution in [2.24, 2.45) is 11.7 Å². The van der Waals surface area contributed by atoms with E-state index in [2.05, 4.69) is 13.8 Å². The molecule has 4 heteroatoms. The standard InChI is InChI=1S/C14H23NO2S/c1-4-11(2)9-18(16)10-13-7-12(8-15)5-6-14(13)17-3/h5-7,11H,4,8-10,15H2,1-3H3. The molecule has 0 radical (unpaired) electrons. The van der Waals surface area contributed by atoms with Crippen LogP contribution in [0.5, 0.6) is 5.75 Å². The number of nitrogens with two attached hydrogens (primary N) is 1. The Bertz CT molecular complexity index is 407. The van der Waals surface area contributed by atoms with E-state index < -0.39 is 10.8 Å². The van der Waals surface area contributed by atoms with Crippen molar-refractivity contribution in [1.29, 1.82) is 0 Å². The van der Waals surface area contributed by atoms with Gasteiger partial charge in [-0.1, -0.05) is 26.3 Å². The van der Waals surface area contributed by atoms with Crippen LogP contribution in [0.3, 0.4) is 0 Å². The Labute approximate surface area is 112 Å². The molecule has 1 aromatic rings. The van der Waals surface area contributed by atoms with Gasteiger partial charge in [0.05, 0.1) is 12.9 Å². The lowest BCUT2D eigenvalue weighted by molar-refractivity contribution is 0.411. The van der Waals surface area contributed by atoms with Crippen LogP contribution >= 0.6 is 0 Å². The summed E-state index contributed by atoms with van der Waals surface area (Å²) in [6.07, 6.45) is 1.06. The van der Waals surface area contributed by atoms with Crippen molar-refractivity contribution in [2.75, 3.05) is 12.9 Å². The third-order valence-electron chi connectivity index (χ3n) is 3.06. The molecule has 0 aliphatic carbocycles. The molecule has 3 nitrogen and oxygen atoms in total. The highest BCUT2D eigenvalue weighted by Gasteiger charge is 2.11. The lowest BCUT2D eigenvalue weighted by Gasteiger charge is -2.12. The van der Waals surface area contributed by atoms with E-state index in [1.807, 2.05) is 18.2 Å². The predicted octanol–water partition coefficient (Wildman–Crippen LogP) is 2.45. The molecule has 0 aromatic heterocycles. The van der Waals surface area contributed by atoms with Crippen molar-refractivity contribution in [3.8, 4) is 5.75 Å². The predicted molar refractivity (Wildman–Crippen MR) is 77.1 cm³/mol. The number of hydrogen-bond acceptors (Lipinski definition) is 3. The molecule has 2 N–H and O–H groups in total. The van der Waals surface area contributed by atoms with E-state index in [-0.39, 0.29) is 0 Å². The van der Waals surface area contributed by atoms with Crippen LogP contribution < -0.4 is 10.5 Å². The minimum atomic E-state index is -0.844. The quantitative estimate of drug-likeness (QED) is 0.827. The lowest BCUT2D eigenvalue weighted by atomic mass is 10.1. The van der Waals surface area contributed by atoms with Gasteiger partial charge in [-0.3, -0.25) is 4.21 Å². The second kappa shape index (κ2) is 7.54. The first kappa shape index (κ1) is 15.2. The zero-order valence-electron chi connectivity index (χ0n) is 11.4. The summed E-state index contributed by atoms with van der Waals surface area (Å²) in [6, 6.07) is 5.84. The van der Waals surface area contributed by atoms with Crippen molar-refractivity contribution in [2.45, 2.75) is 32.6 Å². The summed E-state index contributed by atoms with van der Waals surface area (Å²) in [5.41, 5.74) is 7.66. The third-order valence-corrected chi connectivity index (χ3v) is 4.64. The van der Waals surface area contributed by atoms with Gasteiger partial charge in [-0.25, -0.2) is 0 Å². The van der Waals surface area contributed by atoms with Crippen LogP contribution in [0.2, 0.25) is 0 Å². The summed E-state index contributed by atoms with van der Waals surface area (Å²) in [6.45, 7) is 4.75. The van der Waals surface area contributed by atoms with Gasteiger partial charge in [-0.2, -0.15) is 0 Å². The Hall–Kier alpha value is -0.870. The fourth-order valence-electron chi connectivity index (χ4n) is 1.74. The van der Waals surface area contributed by atoms with E-state index >= 15 is 0 Å². The van der Waals surface area contributed by atoms with Gasteiger partial charge in [0, 0.05) is 28.7 Å². The maximum atomic E-state index is 12.1. The average Bonchev–Trinajstić information content (AvgIpc) is 2.38. The minimum Gasteiger partial charge on any atom is -0.496 e. The molecule has 2 unspecified atom stereocenters. The van der Waals surface area contributed by atoms with Crippen molar-refractivity contribution < 1.29 is 8.95 Å². The molecule has 0 fully saturated rings. The van der Waals surface area contributed by atoms with E-state index in [4.69, 9.17) is 10.5 Å². The molecule has 0 heterocycles. The van der Waals surface area contributed by atoms with Crippen LogP contribution in [-0.4, -0.2) is 17.1 Å². The number of hydrogen-bond donors (Lipinski definition) is 1. The Kier molecular flexibility index (Phi) is 6.36. The van der Waals surface area contributed by atoms with Crippen LogP contribution in [-0.2, 0) is 23.1 Å². The van der Waals surface area contributed by atoms with Crippen LogP contribution in [0.15, 0.2) is 18.2 Å². The highest BCUT2D eigenvalue weighted by atomic mass is 32.2. The second-order valence-corrected chi connectivity index (χ2v) is 6.12. The fraction of sp³-hybridized carbons (Fsp3) is 0.571. The first-order valence-corrected chi connectivity index (χ1v) is 7.80. The Morgan fingerprint density at radius 2 is 2.17 bits per heavy atom. The normalized spacial score (nSPS) is 14.2. The second-order valence-electron chi connectivity index (χ2n) is 4.61. The molecule has 1 aromatic carbocycles. The van der Waals surface area contributed by atoms with Crippen LogP contribution in [0.25, 0.3) is 0 Å². The average molecular weight is 269 g/mol. The Balaban J connectivity index is 2.78. The highest BCUT2D eigenvalue weighted by Crippen LogP contribution is 2.22. The number of ether oxygens (including phenoxy) is 1. The summed E-state index contributed by atoms with van der Waals surface area (Å²) in [7, 11) is 0.794. The molecule has 0 aliphatic rings. The van der Waals surface area contributed by atoms with Crippen molar-refractivity contribution in [3.63, 3.8) is 0 Å². The molecule has 2 atom stereocenters. The van der Waals surface area contributed by atoms with Crippen LogP contribution in [0.4, 0.5) is 0 Å². The van der Waals surface area contributed by atoms with Crippen molar-refractivity contribution in [1.82, 2.24) is 0 Å². The number of benzene rings is 1. The zero-order valence-corrected chi connectivity index (χ0v) is 12.3. The summed E-state index contributed by atoms with van der Waals surface area (Å²) >= 11 is 0. The van der Waals surface area contributed by atoms with Gasteiger partial charge in [0.15, 0.2) is 0 Å². The van der Waals surface area contributed by atoms with Crippen molar-refractivity contribution >= 4 is 10.8 Å². The SMILES string of the molecule is CCC(C)CS(=O)Cc1cc(CN)ccc1OC. The van der Waals surface area contributed by atoms with Crippen LogP contribution in [0, 0.1) is 5.92 Å². The lowest BCUT2D eigenvalue weighted by Crippen LogP contribution is -2.10. The summed E-state index contributed by atoms with van der Waals surface area (Å²) in [4.78, 5) is 0. The zero-order chi connectivity index (χ0) is 13.5. The number of rotatable bonds is 7. The topological polar surface area (TPSA) is 52.3 Å². The largest absolute Gasteiger partial charge is 0.496 e. The first-order chi connectivity index (χ1) is 8.60. The van der Waals surface area contributed by atoms with Gasteiger partial charge >= 0.3 is 0 Å². The molecule has 18 heavy (non-hydrogen) atoms. The van der Waals surface area contributed by atoms with Gasteiger partial charge in [-0.05, 0) is 23.6 Å². The minimum absolute atomic E-state index is 0.495. The molecule has 0 bridgehead atoms. The molecule has 1 rings (SSSR count). The van der Waals surface area contributed by atoms with E-state index in [1.165, 1.54) is 0 Å². The van der Waals surface area contributed by atoms with Crippen LogP contribution in [0.1, 0.15) is 31.4 Å². The molecule has 0 amide bonds. The van der Waals surface area contributed by atoms with E-state index in [0.717, 1.165) is 29.1 Å². The molecule has 102 valence electrons. The summed E-state index contributed by atoms with van der Waals surface area (Å²) in [5.74, 6) is 2.58. The molecule has 0 saturated heterocycles. The Morgan fingerprint density at radius 1 is 1.44 bits per heavy atom. The molecule has 0 saturated carbocycles. The first-order valence-electron chi connectivity index (χ1n) is 6.31. The van der Waals surface area contributed by atoms with Gasteiger partial charge in [0.2, 0.25) is 0 Å². The monoisotopic (exact) mass is 269 g/mol. The van der Waals surface area contributed by atoms with E-state index in [9.17, 15) is 4.21 Å². The van der Waals surface area contributed by atoms with Gasteiger partial charge in [0.1, 0.15) is 5.75 Å². The van der Waals surface area contributed by atoms with Gasteiger partial charge < -0.3 is 10.5 Å². The maximum absolute atomic E-state index is 12.1. The summed E-state index contributed by atoms with van der Waals surface area (Å²) in [5, 5.41) is 0. The van der Waals surface area contributed by atoms with E-state index in [0.29, 0.717) is 18.2 Å². The van der Waals surface area contributed by atoms with Crippen molar-refractivity contribution in [3.05, 3.63) is 29.3 Å². The molecule has 0 aliphatic heterocycles.